The van der Waals surface area contributed by atoms with E-state index >= 15 is 0 Å². The van der Waals surface area contributed by atoms with Crippen LogP contribution < -0.4 is 0 Å². The molecule has 0 aliphatic rings. The second kappa shape index (κ2) is 3.14. The van der Waals surface area contributed by atoms with Gasteiger partial charge in [-0.25, -0.2) is 0 Å². The van der Waals surface area contributed by atoms with E-state index in [-0.39, 0.29) is 5.22 Å². The van der Waals surface area contributed by atoms with E-state index in [2.05, 4.69) is 0 Å². The number of benzene rings is 1. The molecular formula is C11H9ClO2. The van der Waals surface area contributed by atoms with Crippen LogP contribution in [-0.4, -0.2) is 6.29 Å². The molecule has 0 aliphatic carbocycles. The number of rotatable bonds is 1. The molecule has 0 spiro atoms. The van der Waals surface area contributed by atoms with Crippen molar-refractivity contribution in [2.75, 3.05) is 0 Å². The predicted molar refractivity (Wildman–Crippen MR) is 56.1 cm³/mol. The summed E-state index contributed by atoms with van der Waals surface area (Å²) in [6.45, 7) is 3.94. The van der Waals surface area contributed by atoms with Gasteiger partial charge in [-0.05, 0) is 36.6 Å². The van der Waals surface area contributed by atoms with E-state index < -0.39 is 0 Å². The molecule has 0 amide bonds. The molecule has 14 heavy (non-hydrogen) atoms. The first-order valence-electron chi connectivity index (χ1n) is 4.28. The van der Waals surface area contributed by atoms with Gasteiger partial charge in [-0.1, -0.05) is 12.1 Å². The quantitative estimate of drug-likeness (QED) is 0.672. The average Bonchev–Trinajstić information content (AvgIpc) is 2.49. The largest absolute Gasteiger partial charge is 0.444 e. The first-order valence-corrected chi connectivity index (χ1v) is 4.66. The Hall–Kier alpha value is -1.28. The van der Waals surface area contributed by atoms with Crippen molar-refractivity contribution < 1.29 is 9.21 Å². The molecule has 0 N–H and O–H groups in total. The van der Waals surface area contributed by atoms with Gasteiger partial charge in [0.1, 0.15) is 5.58 Å². The van der Waals surface area contributed by atoms with Crippen LogP contribution in [0.5, 0.6) is 0 Å². The molecular weight excluding hydrogens is 200 g/mol. The zero-order chi connectivity index (χ0) is 10.3. The SMILES string of the molecule is Cc1ccc2c(C=O)c(Cl)oc2c1C. The van der Waals surface area contributed by atoms with Gasteiger partial charge in [0.2, 0.25) is 5.22 Å². The first-order chi connectivity index (χ1) is 6.65. The minimum Gasteiger partial charge on any atom is -0.444 e. The molecule has 0 atom stereocenters. The lowest BCUT2D eigenvalue weighted by atomic mass is 10.1. The molecule has 0 radical (unpaired) electrons. The van der Waals surface area contributed by atoms with Crippen molar-refractivity contribution >= 4 is 28.9 Å². The number of hydrogen-bond acceptors (Lipinski definition) is 2. The van der Waals surface area contributed by atoms with Crippen LogP contribution in [0.25, 0.3) is 11.0 Å². The molecule has 0 unspecified atom stereocenters. The van der Waals surface area contributed by atoms with Gasteiger partial charge in [-0.2, -0.15) is 0 Å². The molecule has 2 nitrogen and oxygen atoms in total. The minimum atomic E-state index is 0.170. The smallest absolute Gasteiger partial charge is 0.205 e. The Kier molecular flexibility index (Phi) is 2.08. The zero-order valence-corrected chi connectivity index (χ0v) is 8.68. The van der Waals surface area contributed by atoms with E-state index in [1.54, 1.807) is 0 Å². The van der Waals surface area contributed by atoms with Gasteiger partial charge in [-0.15, -0.1) is 0 Å². The van der Waals surface area contributed by atoms with Crippen molar-refractivity contribution in [3.8, 4) is 0 Å². The van der Waals surface area contributed by atoms with Crippen LogP contribution >= 0.6 is 11.6 Å². The van der Waals surface area contributed by atoms with Crippen LogP contribution in [0.15, 0.2) is 16.5 Å². The van der Waals surface area contributed by atoms with Crippen molar-refractivity contribution in [2.45, 2.75) is 13.8 Å². The highest BCUT2D eigenvalue weighted by molar-refractivity contribution is 6.33. The van der Waals surface area contributed by atoms with Gasteiger partial charge in [-0.3, -0.25) is 4.79 Å². The average molecular weight is 209 g/mol. The van der Waals surface area contributed by atoms with Crippen molar-refractivity contribution in [3.05, 3.63) is 34.0 Å². The van der Waals surface area contributed by atoms with Crippen LogP contribution in [0, 0.1) is 13.8 Å². The molecule has 0 bridgehead atoms. The highest BCUT2D eigenvalue weighted by Gasteiger charge is 2.13. The predicted octanol–water partition coefficient (Wildman–Crippen LogP) is 3.52. The molecule has 0 fully saturated rings. The number of fused-ring (bicyclic) bond motifs is 1. The number of aryl methyl sites for hydroxylation is 2. The fraction of sp³-hybridized carbons (Fsp3) is 0.182. The Bertz CT molecular complexity index is 511. The maximum absolute atomic E-state index is 10.8. The summed E-state index contributed by atoms with van der Waals surface area (Å²) >= 11 is 5.79. The van der Waals surface area contributed by atoms with Crippen LogP contribution in [0.3, 0.4) is 0 Å². The Morgan fingerprint density at radius 1 is 1.36 bits per heavy atom. The van der Waals surface area contributed by atoms with E-state index in [9.17, 15) is 4.79 Å². The molecule has 3 heteroatoms. The Morgan fingerprint density at radius 2 is 2.07 bits per heavy atom. The summed E-state index contributed by atoms with van der Waals surface area (Å²) in [4.78, 5) is 10.8. The fourth-order valence-electron chi connectivity index (χ4n) is 1.49. The second-order valence-electron chi connectivity index (χ2n) is 3.29. The maximum atomic E-state index is 10.8. The Balaban J connectivity index is 2.93. The van der Waals surface area contributed by atoms with Gasteiger partial charge in [0.25, 0.3) is 0 Å². The summed E-state index contributed by atoms with van der Waals surface area (Å²) in [7, 11) is 0. The molecule has 72 valence electrons. The normalized spacial score (nSPS) is 10.8. The van der Waals surface area contributed by atoms with E-state index in [0.29, 0.717) is 11.1 Å². The second-order valence-corrected chi connectivity index (χ2v) is 3.63. The lowest BCUT2D eigenvalue weighted by Crippen LogP contribution is -1.82. The monoisotopic (exact) mass is 208 g/mol. The summed E-state index contributed by atoms with van der Waals surface area (Å²) in [6, 6.07) is 3.81. The third-order valence-electron chi connectivity index (χ3n) is 2.49. The van der Waals surface area contributed by atoms with Crippen molar-refractivity contribution in [2.24, 2.45) is 0 Å². The van der Waals surface area contributed by atoms with Gasteiger partial charge < -0.3 is 4.42 Å². The van der Waals surface area contributed by atoms with E-state index in [1.165, 1.54) is 0 Å². The topological polar surface area (TPSA) is 30.2 Å². The summed E-state index contributed by atoms with van der Waals surface area (Å²) in [6.07, 6.45) is 0.725. The number of halogens is 1. The molecule has 1 aromatic carbocycles. The molecule has 0 saturated heterocycles. The van der Waals surface area contributed by atoms with E-state index in [0.717, 1.165) is 22.8 Å². The molecule has 0 aliphatic heterocycles. The van der Waals surface area contributed by atoms with Crippen molar-refractivity contribution in [1.29, 1.82) is 0 Å². The zero-order valence-electron chi connectivity index (χ0n) is 7.93. The van der Waals surface area contributed by atoms with Crippen molar-refractivity contribution in [1.82, 2.24) is 0 Å². The standard InChI is InChI=1S/C11H9ClO2/c1-6-3-4-8-9(5-13)11(12)14-10(8)7(6)2/h3-5H,1-2H3. The Morgan fingerprint density at radius 3 is 2.71 bits per heavy atom. The van der Waals surface area contributed by atoms with E-state index in [1.807, 2.05) is 26.0 Å². The van der Waals surface area contributed by atoms with Gasteiger partial charge in [0.15, 0.2) is 6.29 Å². The summed E-state index contributed by atoms with van der Waals surface area (Å²) in [5, 5.41) is 0.955. The van der Waals surface area contributed by atoms with Gasteiger partial charge in [0, 0.05) is 5.39 Å². The number of hydrogen-bond donors (Lipinski definition) is 0. The number of carbonyl (C=O) groups excluding carboxylic acids is 1. The lowest BCUT2D eigenvalue weighted by Gasteiger charge is -1.98. The lowest BCUT2D eigenvalue weighted by molar-refractivity contribution is 0.112. The highest BCUT2D eigenvalue weighted by atomic mass is 35.5. The molecule has 0 saturated carbocycles. The fourth-order valence-corrected chi connectivity index (χ4v) is 1.72. The van der Waals surface area contributed by atoms with Crippen LogP contribution in [0.4, 0.5) is 0 Å². The molecule has 2 aromatic rings. The third-order valence-corrected chi connectivity index (χ3v) is 2.77. The van der Waals surface area contributed by atoms with Gasteiger partial charge in [0.05, 0.1) is 5.56 Å². The number of aldehydes is 1. The highest BCUT2D eigenvalue weighted by Crippen LogP contribution is 2.31. The third kappa shape index (κ3) is 1.15. The minimum absolute atomic E-state index is 0.170. The summed E-state index contributed by atoms with van der Waals surface area (Å²) < 4.78 is 5.34. The van der Waals surface area contributed by atoms with Crippen LogP contribution in [-0.2, 0) is 0 Å². The number of carbonyl (C=O) groups is 1. The first kappa shape index (κ1) is 9.28. The van der Waals surface area contributed by atoms with Crippen LogP contribution in [0.1, 0.15) is 21.5 Å². The number of furan rings is 1. The van der Waals surface area contributed by atoms with Crippen LogP contribution in [0.2, 0.25) is 5.22 Å². The van der Waals surface area contributed by atoms with Gasteiger partial charge >= 0.3 is 0 Å². The molecule has 1 aromatic heterocycles. The van der Waals surface area contributed by atoms with Crippen molar-refractivity contribution in [3.63, 3.8) is 0 Å². The molecule has 1 heterocycles. The van der Waals surface area contributed by atoms with E-state index in [4.69, 9.17) is 16.0 Å². The molecule has 2 rings (SSSR count). The maximum Gasteiger partial charge on any atom is 0.205 e. The summed E-state index contributed by atoms with van der Waals surface area (Å²) in [5.74, 6) is 0. The summed E-state index contributed by atoms with van der Waals surface area (Å²) in [5.41, 5.74) is 3.29. The Labute approximate surface area is 86.5 Å².